The van der Waals surface area contributed by atoms with Gasteiger partial charge in [-0.05, 0) is 12.1 Å². The van der Waals surface area contributed by atoms with Crippen LogP contribution in [0.2, 0.25) is 0 Å². The van der Waals surface area contributed by atoms with Gasteiger partial charge in [0.25, 0.3) is 0 Å². The molecular weight excluding hydrogens is 220 g/mol. The van der Waals surface area contributed by atoms with Crippen LogP contribution < -0.4 is 5.73 Å². The number of hydrogen-bond acceptors (Lipinski definition) is 3. The van der Waals surface area contributed by atoms with Crippen molar-refractivity contribution in [2.24, 2.45) is 12.8 Å². The molecule has 1 aromatic carbocycles. The summed E-state index contributed by atoms with van der Waals surface area (Å²) in [5, 5.41) is 11.4. The second-order valence-electron chi connectivity index (χ2n) is 3.39. The number of aromatic nitrogens is 2. The predicted molar refractivity (Wildman–Crippen MR) is 64.8 cm³/mol. The molecule has 0 bridgehead atoms. The van der Waals surface area contributed by atoms with E-state index < -0.39 is 0 Å². The van der Waals surface area contributed by atoms with E-state index in [2.05, 4.69) is 5.10 Å². The fourth-order valence-electron chi connectivity index (χ4n) is 1.29. The van der Waals surface area contributed by atoms with Crippen LogP contribution in [0.25, 0.3) is 0 Å². The van der Waals surface area contributed by atoms with Gasteiger partial charge in [0, 0.05) is 23.7 Å². The van der Waals surface area contributed by atoms with Gasteiger partial charge in [-0.2, -0.15) is 5.10 Å². The summed E-state index contributed by atoms with van der Waals surface area (Å²) in [6, 6.07) is 7.60. The summed E-state index contributed by atoms with van der Waals surface area (Å²) in [5.74, 6) is 0.0953. The van der Waals surface area contributed by atoms with Crippen LogP contribution in [-0.2, 0) is 7.05 Å². The average molecular weight is 232 g/mol. The van der Waals surface area contributed by atoms with E-state index in [1.807, 2.05) is 43.7 Å². The highest BCUT2D eigenvalue weighted by Gasteiger charge is 2.01. The topological polar surface area (TPSA) is 67.7 Å². The molecular formula is C11H12N4S. The molecule has 0 aliphatic rings. The summed E-state index contributed by atoms with van der Waals surface area (Å²) in [5.41, 5.74) is 6.13. The molecule has 0 fully saturated rings. The summed E-state index contributed by atoms with van der Waals surface area (Å²) in [6.45, 7) is 0. The molecule has 82 valence electrons. The average Bonchev–Trinajstić information content (AvgIpc) is 2.65. The highest BCUT2D eigenvalue weighted by atomic mass is 32.2. The van der Waals surface area contributed by atoms with Crippen molar-refractivity contribution in [3.8, 4) is 0 Å². The molecule has 0 radical (unpaired) electrons. The molecule has 0 spiro atoms. The van der Waals surface area contributed by atoms with Crippen molar-refractivity contribution in [2.45, 2.75) is 9.79 Å². The number of nitrogen functional groups attached to an aromatic ring is 1. The first-order valence-corrected chi connectivity index (χ1v) is 5.58. The van der Waals surface area contributed by atoms with Crippen molar-refractivity contribution in [1.29, 1.82) is 5.41 Å². The summed E-state index contributed by atoms with van der Waals surface area (Å²) >= 11 is 1.63. The van der Waals surface area contributed by atoms with Gasteiger partial charge in [-0.1, -0.05) is 23.9 Å². The molecule has 1 aromatic heterocycles. The zero-order valence-corrected chi connectivity index (χ0v) is 9.66. The van der Waals surface area contributed by atoms with Crippen LogP contribution in [0, 0.1) is 5.41 Å². The minimum Gasteiger partial charge on any atom is -0.384 e. The van der Waals surface area contributed by atoms with Crippen LogP contribution in [0.3, 0.4) is 0 Å². The lowest BCUT2D eigenvalue weighted by atomic mass is 10.2. The van der Waals surface area contributed by atoms with E-state index in [4.69, 9.17) is 11.1 Å². The molecule has 0 amide bonds. The van der Waals surface area contributed by atoms with Crippen molar-refractivity contribution in [1.82, 2.24) is 9.78 Å². The lowest BCUT2D eigenvalue weighted by Crippen LogP contribution is -2.10. The molecule has 2 rings (SSSR count). The molecule has 0 saturated heterocycles. The van der Waals surface area contributed by atoms with Crippen molar-refractivity contribution in [2.75, 3.05) is 0 Å². The number of aryl methyl sites for hydroxylation is 1. The molecule has 16 heavy (non-hydrogen) atoms. The number of nitrogens with one attached hydrogen (secondary N) is 1. The number of nitrogens with two attached hydrogens (primary N) is 1. The zero-order chi connectivity index (χ0) is 11.5. The third-order valence-electron chi connectivity index (χ3n) is 2.08. The Hall–Kier alpha value is -1.75. The molecule has 0 aliphatic carbocycles. The molecule has 0 aliphatic heterocycles. The SMILES string of the molecule is Cn1cc(Sc2ccc(C(=N)N)cc2)cn1. The maximum Gasteiger partial charge on any atom is 0.122 e. The van der Waals surface area contributed by atoms with Gasteiger partial charge < -0.3 is 5.73 Å². The van der Waals surface area contributed by atoms with Gasteiger partial charge in [-0.25, -0.2) is 0 Å². The van der Waals surface area contributed by atoms with Crippen LogP contribution in [0.4, 0.5) is 0 Å². The monoisotopic (exact) mass is 232 g/mol. The van der Waals surface area contributed by atoms with Crippen LogP contribution in [-0.4, -0.2) is 15.6 Å². The molecule has 5 heteroatoms. The fraction of sp³-hybridized carbons (Fsp3) is 0.0909. The van der Waals surface area contributed by atoms with E-state index in [0.717, 1.165) is 15.4 Å². The molecule has 3 N–H and O–H groups in total. The molecule has 2 aromatic rings. The van der Waals surface area contributed by atoms with E-state index in [1.165, 1.54) is 0 Å². The van der Waals surface area contributed by atoms with Crippen molar-refractivity contribution >= 4 is 17.6 Å². The molecule has 0 unspecified atom stereocenters. The van der Waals surface area contributed by atoms with E-state index >= 15 is 0 Å². The number of hydrogen-bond donors (Lipinski definition) is 2. The highest BCUT2D eigenvalue weighted by molar-refractivity contribution is 7.99. The third kappa shape index (κ3) is 2.43. The van der Waals surface area contributed by atoms with Gasteiger partial charge >= 0.3 is 0 Å². The normalized spacial score (nSPS) is 10.3. The second-order valence-corrected chi connectivity index (χ2v) is 4.54. The van der Waals surface area contributed by atoms with Crippen molar-refractivity contribution in [3.05, 3.63) is 42.2 Å². The van der Waals surface area contributed by atoms with Gasteiger partial charge in [0.15, 0.2) is 0 Å². The standard InChI is InChI=1S/C11H12N4S/c1-15-7-10(6-14-15)16-9-4-2-8(3-5-9)11(12)13/h2-7H,1H3,(H3,12,13). The number of amidine groups is 1. The lowest BCUT2D eigenvalue weighted by Gasteiger charge is -2.00. The first kappa shape index (κ1) is 10.8. The van der Waals surface area contributed by atoms with E-state index in [9.17, 15) is 0 Å². The van der Waals surface area contributed by atoms with E-state index in [0.29, 0.717) is 0 Å². The molecule has 1 heterocycles. The fourth-order valence-corrected chi connectivity index (χ4v) is 2.14. The highest BCUT2D eigenvalue weighted by Crippen LogP contribution is 2.26. The van der Waals surface area contributed by atoms with Gasteiger partial charge in [0.05, 0.1) is 11.1 Å². The van der Waals surface area contributed by atoms with E-state index in [1.54, 1.807) is 16.4 Å². The number of benzene rings is 1. The first-order chi connectivity index (χ1) is 7.65. The van der Waals surface area contributed by atoms with Crippen LogP contribution in [0.1, 0.15) is 5.56 Å². The predicted octanol–water partition coefficient (Wildman–Crippen LogP) is 1.86. The Bertz CT molecular complexity index is 501. The lowest BCUT2D eigenvalue weighted by molar-refractivity contribution is 0.766. The Labute approximate surface area is 98.0 Å². The largest absolute Gasteiger partial charge is 0.384 e. The minimum atomic E-state index is 0.0953. The summed E-state index contributed by atoms with van der Waals surface area (Å²) in [7, 11) is 1.89. The second kappa shape index (κ2) is 4.40. The maximum absolute atomic E-state index is 7.29. The summed E-state index contributed by atoms with van der Waals surface area (Å²) in [4.78, 5) is 2.20. The summed E-state index contributed by atoms with van der Waals surface area (Å²) < 4.78 is 1.77. The Morgan fingerprint density at radius 1 is 1.31 bits per heavy atom. The first-order valence-electron chi connectivity index (χ1n) is 4.76. The van der Waals surface area contributed by atoms with Crippen LogP contribution in [0.15, 0.2) is 46.5 Å². The third-order valence-corrected chi connectivity index (χ3v) is 3.04. The van der Waals surface area contributed by atoms with Gasteiger partial charge in [-0.15, -0.1) is 0 Å². The summed E-state index contributed by atoms with van der Waals surface area (Å²) in [6.07, 6.45) is 3.78. The molecule has 0 atom stereocenters. The Kier molecular flexibility index (Phi) is 2.96. The van der Waals surface area contributed by atoms with Crippen LogP contribution >= 0.6 is 11.8 Å². The molecule has 0 saturated carbocycles. The van der Waals surface area contributed by atoms with Gasteiger partial charge in [-0.3, -0.25) is 10.1 Å². The quantitative estimate of drug-likeness (QED) is 0.627. The maximum atomic E-state index is 7.29. The Balaban J connectivity index is 2.14. The Morgan fingerprint density at radius 3 is 2.50 bits per heavy atom. The zero-order valence-electron chi connectivity index (χ0n) is 8.84. The number of rotatable bonds is 3. The minimum absolute atomic E-state index is 0.0953. The van der Waals surface area contributed by atoms with E-state index in [-0.39, 0.29) is 5.84 Å². The number of nitrogens with zero attached hydrogens (tertiary/aromatic N) is 2. The van der Waals surface area contributed by atoms with Gasteiger partial charge in [0.1, 0.15) is 5.84 Å². The van der Waals surface area contributed by atoms with Gasteiger partial charge in [0.2, 0.25) is 0 Å². The molecule has 4 nitrogen and oxygen atoms in total. The smallest absolute Gasteiger partial charge is 0.122 e. The van der Waals surface area contributed by atoms with Crippen molar-refractivity contribution < 1.29 is 0 Å². The van der Waals surface area contributed by atoms with Crippen molar-refractivity contribution in [3.63, 3.8) is 0 Å². The Morgan fingerprint density at radius 2 is 2.00 bits per heavy atom. The van der Waals surface area contributed by atoms with Crippen LogP contribution in [0.5, 0.6) is 0 Å².